The first kappa shape index (κ1) is 13.7. The Hall–Kier alpha value is -2.24. The summed E-state index contributed by atoms with van der Waals surface area (Å²) in [5.74, 6) is 0. The van der Waals surface area contributed by atoms with Crippen LogP contribution in [0.4, 0.5) is 16.2 Å². The van der Waals surface area contributed by atoms with E-state index in [0.717, 1.165) is 11.0 Å². The molecule has 0 fully saturated rings. The molecular weight excluding hydrogens is 311 g/mol. The van der Waals surface area contributed by atoms with Crippen LogP contribution in [0.25, 0.3) is 11.0 Å². The Morgan fingerprint density at radius 1 is 1.14 bits per heavy atom. The molecule has 1 heterocycles. The molecule has 0 aliphatic carbocycles. The van der Waals surface area contributed by atoms with Crippen molar-refractivity contribution in [1.82, 2.24) is 9.97 Å². The SMILES string of the molecule is O=C(Nc1ccc2nc[nH]c2c1)Nc1cccc(Cl)c1Cl. The number of aromatic nitrogens is 2. The number of nitrogens with one attached hydrogen (secondary N) is 3. The van der Waals surface area contributed by atoms with Crippen LogP contribution in [0, 0.1) is 0 Å². The molecule has 0 spiro atoms. The largest absolute Gasteiger partial charge is 0.345 e. The number of halogens is 2. The monoisotopic (exact) mass is 320 g/mol. The molecule has 0 saturated heterocycles. The van der Waals surface area contributed by atoms with E-state index in [-0.39, 0.29) is 0 Å². The molecule has 0 bridgehead atoms. The number of imidazole rings is 1. The molecule has 0 aliphatic heterocycles. The molecular formula is C14H10Cl2N4O. The van der Waals surface area contributed by atoms with E-state index in [1.54, 1.807) is 36.7 Å². The number of fused-ring (bicyclic) bond motifs is 1. The van der Waals surface area contributed by atoms with Crippen molar-refractivity contribution >= 4 is 51.6 Å². The number of urea groups is 1. The highest BCUT2D eigenvalue weighted by molar-refractivity contribution is 6.44. The first-order chi connectivity index (χ1) is 10.1. The Morgan fingerprint density at radius 3 is 2.86 bits per heavy atom. The van der Waals surface area contributed by atoms with E-state index in [2.05, 4.69) is 20.6 Å². The number of nitrogens with zero attached hydrogens (tertiary/aromatic N) is 1. The maximum absolute atomic E-state index is 12.0. The summed E-state index contributed by atoms with van der Waals surface area (Å²) in [5, 5.41) is 6.06. The predicted octanol–water partition coefficient (Wildman–Crippen LogP) is 4.51. The summed E-state index contributed by atoms with van der Waals surface area (Å²) in [6.45, 7) is 0. The van der Waals surface area contributed by atoms with Gasteiger partial charge in [0, 0.05) is 5.69 Å². The third-order valence-corrected chi connectivity index (χ3v) is 3.70. The summed E-state index contributed by atoms with van der Waals surface area (Å²) in [7, 11) is 0. The van der Waals surface area contributed by atoms with Gasteiger partial charge in [0.05, 0.1) is 33.1 Å². The molecule has 2 amide bonds. The van der Waals surface area contributed by atoms with Crippen molar-refractivity contribution in [2.24, 2.45) is 0 Å². The Balaban J connectivity index is 1.75. The average Bonchev–Trinajstić information content (AvgIpc) is 2.91. The number of hydrogen-bond donors (Lipinski definition) is 3. The molecule has 0 saturated carbocycles. The zero-order valence-electron chi connectivity index (χ0n) is 10.7. The second-order valence-corrected chi connectivity index (χ2v) is 5.10. The van der Waals surface area contributed by atoms with Gasteiger partial charge in [-0.25, -0.2) is 9.78 Å². The van der Waals surface area contributed by atoms with E-state index in [1.165, 1.54) is 0 Å². The van der Waals surface area contributed by atoms with Crippen LogP contribution in [0.15, 0.2) is 42.7 Å². The second kappa shape index (κ2) is 5.63. The van der Waals surface area contributed by atoms with Crippen molar-refractivity contribution in [3.63, 3.8) is 0 Å². The van der Waals surface area contributed by atoms with Gasteiger partial charge in [0.25, 0.3) is 0 Å². The zero-order valence-corrected chi connectivity index (χ0v) is 12.2. The fourth-order valence-corrected chi connectivity index (χ4v) is 2.25. The molecule has 2 aromatic carbocycles. The number of carbonyl (C=O) groups excluding carboxylic acids is 1. The first-order valence-electron chi connectivity index (χ1n) is 6.08. The smallest absolute Gasteiger partial charge is 0.323 e. The van der Waals surface area contributed by atoms with E-state index >= 15 is 0 Å². The molecule has 1 aromatic heterocycles. The van der Waals surface area contributed by atoms with Crippen molar-refractivity contribution in [3.05, 3.63) is 52.8 Å². The average molecular weight is 321 g/mol. The standard InChI is InChI=1S/C14H10Cl2N4O/c15-9-2-1-3-11(13(9)16)20-14(21)19-8-4-5-10-12(6-8)18-7-17-10/h1-7H,(H,17,18)(H2,19,20,21). The molecule has 5 nitrogen and oxygen atoms in total. The van der Waals surface area contributed by atoms with Crippen LogP contribution >= 0.6 is 23.2 Å². The van der Waals surface area contributed by atoms with Gasteiger partial charge >= 0.3 is 6.03 Å². The normalized spacial score (nSPS) is 10.6. The Labute approximate surface area is 130 Å². The van der Waals surface area contributed by atoms with Gasteiger partial charge in [-0.2, -0.15) is 0 Å². The van der Waals surface area contributed by atoms with Crippen LogP contribution in [-0.2, 0) is 0 Å². The number of carbonyl (C=O) groups is 1. The maximum Gasteiger partial charge on any atom is 0.323 e. The number of aromatic amines is 1. The Kier molecular flexibility index (Phi) is 3.68. The lowest BCUT2D eigenvalue weighted by molar-refractivity contribution is 0.262. The highest BCUT2D eigenvalue weighted by Crippen LogP contribution is 2.29. The van der Waals surface area contributed by atoms with Gasteiger partial charge in [0.2, 0.25) is 0 Å². The van der Waals surface area contributed by atoms with Crippen molar-refractivity contribution < 1.29 is 4.79 Å². The predicted molar refractivity (Wildman–Crippen MR) is 85.2 cm³/mol. The summed E-state index contributed by atoms with van der Waals surface area (Å²) >= 11 is 11.9. The Bertz CT molecular complexity index is 816. The van der Waals surface area contributed by atoms with E-state index in [4.69, 9.17) is 23.2 Å². The van der Waals surface area contributed by atoms with Gasteiger partial charge in [-0.15, -0.1) is 0 Å². The molecule has 21 heavy (non-hydrogen) atoms. The lowest BCUT2D eigenvalue weighted by Gasteiger charge is -2.09. The third kappa shape index (κ3) is 2.94. The minimum absolute atomic E-state index is 0.304. The molecule has 3 N–H and O–H groups in total. The minimum Gasteiger partial charge on any atom is -0.345 e. The van der Waals surface area contributed by atoms with Gasteiger partial charge in [-0.3, -0.25) is 0 Å². The number of benzene rings is 2. The highest BCUT2D eigenvalue weighted by atomic mass is 35.5. The van der Waals surface area contributed by atoms with Gasteiger partial charge in [0.1, 0.15) is 0 Å². The second-order valence-electron chi connectivity index (χ2n) is 4.31. The topological polar surface area (TPSA) is 69.8 Å². The molecule has 0 aliphatic rings. The third-order valence-electron chi connectivity index (χ3n) is 2.88. The fourth-order valence-electron chi connectivity index (χ4n) is 1.90. The van der Waals surface area contributed by atoms with Crippen molar-refractivity contribution in [3.8, 4) is 0 Å². The van der Waals surface area contributed by atoms with Crippen molar-refractivity contribution in [1.29, 1.82) is 0 Å². The van der Waals surface area contributed by atoms with Crippen LogP contribution in [0.3, 0.4) is 0 Å². The summed E-state index contributed by atoms with van der Waals surface area (Å²) < 4.78 is 0. The Morgan fingerprint density at radius 2 is 2.00 bits per heavy atom. The van der Waals surface area contributed by atoms with Gasteiger partial charge in [-0.1, -0.05) is 29.3 Å². The number of H-pyrrole nitrogens is 1. The van der Waals surface area contributed by atoms with E-state index in [1.807, 2.05) is 6.07 Å². The summed E-state index contributed by atoms with van der Waals surface area (Å²) in [6.07, 6.45) is 1.60. The lowest BCUT2D eigenvalue weighted by atomic mass is 10.3. The molecule has 0 atom stereocenters. The quantitative estimate of drug-likeness (QED) is 0.650. The summed E-state index contributed by atoms with van der Waals surface area (Å²) in [5.41, 5.74) is 2.76. The fraction of sp³-hybridized carbons (Fsp3) is 0. The molecule has 0 radical (unpaired) electrons. The maximum atomic E-state index is 12.0. The van der Waals surface area contributed by atoms with E-state index in [9.17, 15) is 4.79 Å². The molecule has 3 aromatic rings. The number of amides is 2. The van der Waals surface area contributed by atoms with E-state index in [0.29, 0.717) is 21.4 Å². The number of hydrogen-bond acceptors (Lipinski definition) is 2. The summed E-state index contributed by atoms with van der Waals surface area (Å²) in [6, 6.07) is 10.0. The van der Waals surface area contributed by atoms with Crippen LogP contribution in [0.2, 0.25) is 10.0 Å². The molecule has 7 heteroatoms. The van der Waals surface area contributed by atoms with Crippen LogP contribution in [-0.4, -0.2) is 16.0 Å². The zero-order chi connectivity index (χ0) is 14.8. The summed E-state index contributed by atoms with van der Waals surface area (Å²) in [4.78, 5) is 19.1. The number of rotatable bonds is 2. The molecule has 0 unspecified atom stereocenters. The minimum atomic E-state index is -0.405. The first-order valence-corrected chi connectivity index (χ1v) is 6.84. The van der Waals surface area contributed by atoms with Gasteiger partial charge < -0.3 is 15.6 Å². The van der Waals surface area contributed by atoms with Gasteiger partial charge in [0.15, 0.2) is 0 Å². The van der Waals surface area contributed by atoms with Crippen molar-refractivity contribution in [2.45, 2.75) is 0 Å². The van der Waals surface area contributed by atoms with Crippen LogP contribution < -0.4 is 10.6 Å². The number of anilines is 2. The van der Waals surface area contributed by atoms with Gasteiger partial charge in [-0.05, 0) is 30.3 Å². The van der Waals surface area contributed by atoms with Crippen molar-refractivity contribution in [2.75, 3.05) is 10.6 Å². The van der Waals surface area contributed by atoms with E-state index < -0.39 is 6.03 Å². The molecule has 106 valence electrons. The lowest BCUT2D eigenvalue weighted by Crippen LogP contribution is -2.19. The highest BCUT2D eigenvalue weighted by Gasteiger charge is 2.08. The van der Waals surface area contributed by atoms with Crippen LogP contribution in [0.5, 0.6) is 0 Å². The van der Waals surface area contributed by atoms with Crippen LogP contribution in [0.1, 0.15) is 0 Å². The molecule has 3 rings (SSSR count).